The standard InChI is InChI=1S/C13H12N8/c1-8-17-11-12(15-7-16-13(11)18-8)14-6-10-20-19-9-4-2-3-5-21(9)10/h2-5,7H,6H2,1H3,(H2,14,15,16,17,18). The first-order valence-electron chi connectivity index (χ1n) is 6.51. The van der Waals surface area contributed by atoms with Crippen LogP contribution in [0, 0.1) is 6.92 Å². The molecule has 4 rings (SSSR count). The summed E-state index contributed by atoms with van der Waals surface area (Å²) in [7, 11) is 0. The Morgan fingerprint density at radius 2 is 2.19 bits per heavy atom. The molecule has 0 aliphatic carbocycles. The number of anilines is 1. The van der Waals surface area contributed by atoms with Gasteiger partial charge in [0.2, 0.25) is 0 Å². The number of aromatic amines is 1. The van der Waals surface area contributed by atoms with Crippen LogP contribution in [0.2, 0.25) is 0 Å². The van der Waals surface area contributed by atoms with E-state index < -0.39 is 0 Å². The highest BCUT2D eigenvalue weighted by atomic mass is 15.3. The van der Waals surface area contributed by atoms with Crippen LogP contribution in [0.3, 0.4) is 0 Å². The van der Waals surface area contributed by atoms with Gasteiger partial charge in [-0.2, -0.15) is 0 Å². The van der Waals surface area contributed by atoms with E-state index in [1.165, 1.54) is 6.33 Å². The minimum atomic E-state index is 0.509. The fourth-order valence-corrected chi connectivity index (χ4v) is 2.25. The average Bonchev–Trinajstić information content (AvgIpc) is 3.07. The number of hydrogen-bond donors (Lipinski definition) is 2. The Morgan fingerprint density at radius 1 is 1.24 bits per heavy atom. The number of aryl methyl sites for hydroxylation is 1. The van der Waals surface area contributed by atoms with E-state index in [4.69, 9.17) is 0 Å². The summed E-state index contributed by atoms with van der Waals surface area (Å²) in [5.41, 5.74) is 2.26. The smallest absolute Gasteiger partial charge is 0.183 e. The third-order valence-corrected chi connectivity index (χ3v) is 3.21. The van der Waals surface area contributed by atoms with Crippen molar-refractivity contribution in [2.24, 2.45) is 0 Å². The van der Waals surface area contributed by atoms with Crippen LogP contribution in [0.5, 0.6) is 0 Å². The number of imidazole rings is 1. The van der Waals surface area contributed by atoms with Gasteiger partial charge in [0.1, 0.15) is 17.7 Å². The molecule has 21 heavy (non-hydrogen) atoms. The van der Waals surface area contributed by atoms with E-state index in [-0.39, 0.29) is 0 Å². The molecule has 0 radical (unpaired) electrons. The van der Waals surface area contributed by atoms with Crippen molar-refractivity contribution in [1.82, 2.24) is 34.5 Å². The lowest BCUT2D eigenvalue weighted by molar-refractivity contribution is 0.912. The van der Waals surface area contributed by atoms with Crippen molar-refractivity contribution >= 4 is 22.6 Å². The van der Waals surface area contributed by atoms with Gasteiger partial charge < -0.3 is 10.3 Å². The Labute approximate surface area is 119 Å². The Bertz CT molecular complexity index is 922. The number of nitrogens with one attached hydrogen (secondary N) is 2. The van der Waals surface area contributed by atoms with E-state index in [1.807, 2.05) is 35.7 Å². The molecule has 8 nitrogen and oxygen atoms in total. The molecule has 4 heterocycles. The van der Waals surface area contributed by atoms with Crippen molar-refractivity contribution in [3.05, 3.63) is 42.4 Å². The predicted octanol–water partition coefficient (Wildman–Crippen LogP) is 1.32. The van der Waals surface area contributed by atoms with Crippen molar-refractivity contribution in [1.29, 1.82) is 0 Å². The molecule has 0 spiro atoms. The quantitative estimate of drug-likeness (QED) is 0.587. The zero-order valence-corrected chi connectivity index (χ0v) is 11.3. The van der Waals surface area contributed by atoms with Crippen LogP contribution < -0.4 is 5.32 Å². The van der Waals surface area contributed by atoms with Gasteiger partial charge >= 0.3 is 0 Å². The van der Waals surface area contributed by atoms with Gasteiger partial charge in [-0.25, -0.2) is 15.0 Å². The van der Waals surface area contributed by atoms with Crippen molar-refractivity contribution in [2.75, 3.05) is 5.32 Å². The highest BCUT2D eigenvalue weighted by Gasteiger charge is 2.09. The zero-order chi connectivity index (χ0) is 14.2. The van der Waals surface area contributed by atoms with Crippen LogP contribution in [0.4, 0.5) is 5.82 Å². The van der Waals surface area contributed by atoms with Crippen molar-refractivity contribution in [2.45, 2.75) is 13.5 Å². The molecular weight excluding hydrogens is 268 g/mol. The van der Waals surface area contributed by atoms with Crippen molar-refractivity contribution < 1.29 is 0 Å². The maximum atomic E-state index is 4.29. The van der Waals surface area contributed by atoms with Crippen LogP contribution in [-0.2, 0) is 6.54 Å². The molecule has 0 fully saturated rings. The summed E-state index contributed by atoms with van der Waals surface area (Å²) in [6, 6.07) is 5.79. The lowest BCUT2D eigenvalue weighted by Crippen LogP contribution is -2.06. The van der Waals surface area contributed by atoms with Crippen LogP contribution in [-0.4, -0.2) is 34.5 Å². The lowest BCUT2D eigenvalue weighted by Gasteiger charge is -2.04. The molecule has 0 aliphatic rings. The van der Waals surface area contributed by atoms with Crippen LogP contribution in [0.15, 0.2) is 30.7 Å². The number of H-pyrrole nitrogens is 1. The summed E-state index contributed by atoms with van der Waals surface area (Å²) in [6.07, 6.45) is 3.43. The lowest BCUT2D eigenvalue weighted by atomic mass is 10.4. The van der Waals surface area contributed by atoms with Gasteiger partial charge in [-0.05, 0) is 19.1 Å². The molecule has 8 heteroatoms. The number of hydrogen-bond acceptors (Lipinski definition) is 6. The number of rotatable bonds is 3. The van der Waals surface area contributed by atoms with Gasteiger partial charge in [-0.1, -0.05) is 6.07 Å². The molecule has 0 aromatic carbocycles. The topological polar surface area (TPSA) is 96.7 Å². The highest BCUT2D eigenvalue weighted by molar-refractivity contribution is 5.82. The summed E-state index contributed by atoms with van der Waals surface area (Å²) in [4.78, 5) is 15.8. The average molecular weight is 280 g/mol. The van der Waals surface area contributed by atoms with E-state index in [0.29, 0.717) is 18.0 Å². The second-order valence-corrected chi connectivity index (χ2v) is 4.64. The molecule has 4 aromatic heterocycles. The summed E-state index contributed by atoms with van der Waals surface area (Å²) in [6.45, 7) is 2.40. The first-order valence-corrected chi connectivity index (χ1v) is 6.51. The maximum absolute atomic E-state index is 4.29. The van der Waals surface area contributed by atoms with Crippen LogP contribution >= 0.6 is 0 Å². The maximum Gasteiger partial charge on any atom is 0.183 e. The second-order valence-electron chi connectivity index (χ2n) is 4.64. The van der Waals surface area contributed by atoms with E-state index in [1.54, 1.807) is 0 Å². The number of pyridine rings is 1. The van der Waals surface area contributed by atoms with Gasteiger partial charge in [0.05, 0.1) is 6.54 Å². The second kappa shape index (κ2) is 4.51. The van der Waals surface area contributed by atoms with E-state index in [9.17, 15) is 0 Å². The molecule has 0 atom stereocenters. The first-order chi connectivity index (χ1) is 10.3. The van der Waals surface area contributed by atoms with Gasteiger partial charge in [0.25, 0.3) is 0 Å². The van der Waals surface area contributed by atoms with E-state index in [0.717, 1.165) is 22.8 Å². The first kappa shape index (κ1) is 11.8. The minimum Gasteiger partial charge on any atom is -0.361 e. The Balaban J connectivity index is 1.66. The molecular formula is C13H12N8. The van der Waals surface area contributed by atoms with Crippen molar-refractivity contribution in [3.63, 3.8) is 0 Å². The molecule has 0 saturated carbocycles. The molecule has 4 aromatic rings. The molecule has 0 amide bonds. The van der Waals surface area contributed by atoms with Crippen molar-refractivity contribution in [3.8, 4) is 0 Å². The third kappa shape index (κ3) is 1.97. The third-order valence-electron chi connectivity index (χ3n) is 3.21. The van der Waals surface area contributed by atoms with Gasteiger partial charge in [0, 0.05) is 6.20 Å². The minimum absolute atomic E-state index is 0.509. The highest BCUT2D eigenvalue weighted by Crippen LogP contribution is 2.16. The Hall–Kier alpha value is -3.03. The van der Waals surface area contributed by atoms with Gasteiger partial charge in [0.15, 0.2) is 22.9 Å². The zero-order valence-electron chi connectivity index (χ0n) is 11.3. The molecule has 0 saturated heterocycles. The SMILES string of the molecule is Cc1nc2ncnc(NCc3nnc4ccccn34)c2[nH]1. The summed E-state index contributed by atoms with van der Waals surface area (Å²) in [5, 5.41) is 11.5. The van der Waals surface area contributed by atoms with E-state index >= 15 is 0 Å². The fraction of sp³-hybridized carbons (Fsp3) is 0.154. The molecule has 104 valence electrons. The number of nitrogens with zero attached hydrogens (tertiary/aromatic N) is 6. The summed E-state index contributed by atoms with van der Waals surface area (Å²) >= 11 is 0. The molecule has 0 unspecified atom stereocenters. The fourth-order valence-electron chi connectivity index (χ4n) is 2.25. The van der Waals surface area contributed by atoms with Gasteiger partial charge in [-0.15, -0.1) is 10.2 Å². The number of aromatic nitrogens is 7. The summed E-state index contributed by atoms with van der Waals surface area (Å²) in [5.74, 6) is 2.32. The molecule has 0 bridgehead atoms. The van der Waals surface area contributed by atoms with Crippen LogP contribution in [0.25, 0.3) is 16.8 Å². The molecule has 0 aliphatic heterocycles. The molecule has 2 N–H and O–H groups in total. The predicted molar refractivity (Wildman–Crippen MR) is 76.7 cm³/mol. The Morgan fingerprint density at radius 3 is 3.14 bits per heavy atom. The summed E-state index contributed by atoms with van der Waals surface area (Å²) < 4.78 is 1.93. The number of fused-ring (bicyclic) bond motifs is 2. The normalized spacial score (nSPS) is 11.3. The monoisotopic (exact) mass is 280 g/mol. The van der Waals surface area contributed by atoms with E-state index in [2.05, 4.69) is 35.5 Å². The van der Waals surface area contributed by atoms with Crippen LogP contribution in [0.1, 0.15) is 11.6 Å². The largest absolute Gasteiger partial charge is 0.361 e. The Kier molecular flexibility index (Phi) is 2.53. The van der Waals surface area contributed by atoms with Gasteiger partial charge in [-0.3, -0.25) is 4.40 Å².